The number of hydrogen-bond donors (Lipinski definition) is 0. The molecule has 0 saturated carbocycles. The van der Waals surface area contributed by atoms with Crippen LogP contribution in [0.3, 0.4) is 0 Å². The average molecular weight is 326 g/mol. The first-order chi connectivity index (χ1) is 9.23. The molecule has 2 saturated heterocycles. The molecule has 2 rings (SSSR count). The van der Waals surface area contributed by atoms with Gasteiger partial charge >= 0.3 is 11.9 Å². The maximum absolute atomic E-state index is 12.4. The molecule has 0 unspecified atom stereocenters. The molecule has 1 amide bonds. The van der Waals surface area contributed by atoms with E-state index in [4.69, 9.17) is 11.6 Å². The van der Waals surface area contributed by atoms with Gasteiger partial charge in [-0.2, -0.15) is 0 Å². The summed E-state index contributed by atoms with van der Waals surface area (Å²) in [5, 5.41) is -1.20. The fourth-order valence-corrected chi connectivity index (χ4v) is 4.99. The van der Waals surface area contributed by atoms with Gasteiger partial charge < -0.3 is 14.4 Å². The number of methoxy groups -OCH3 is 1. The number of sulfone groups is 1. The van der Waals surface area contributed by atoms with Crippen molar-refractivity contribution in [3.05, 3.63) is 0 Å². The lowest BCUT2D eigenvalue weighted by Gasteiger charge is -2.35. The Morgan fingerprint density at radius 3 is 2.55 bits per heavy atom. The molecule has 2 aliphatic heterocycles. The molecule has 8 nitrogen and oxygen atoms in total. The summed E-state index contributed by atoms with van der Waals surface area (Å²) in [5.74, 6) is -2.70. The molecule has 0 N–H and O–H groups in total. The molecule has 112 valence electrons. The Hall–Kier alpha value is -1.35. The van der Waals surface area contributed by atoms with Gasteiger partial charge in [-0.05, 0) is 6.92 Å². The van der Waals surface area contributed by atoms with E-state index in [-0.39, 0.29) is 6.42 Å². The highest BCUT2D eigenvalue weighted by Crippen LogP contribution is 2.46. The molecule has 0 radical (unpaired) electrons. The summed E-state index contributed by atoms with van der Waals surface area (Å²) >= 11 is 5.28. The van der Waals surface area contributed by atoms with Crippen molar-refractivity contribution >= 4 is 39.3 Å². The summed E-state index contributed by atoms with van der Waals surface area (Å²) in [6.45, 7) is 1.06. The van der Waals surface area contributed by atoms with E-state index in [2.05, 4.69) is 9.47 Å². The first-order valence-electron chi connectivity index (χ1n) is 5.59. The molecule has 3 atom stereocenters. The molecule has 0 spiro atoms. The number of carbonyl (C=O) groups is 3. The molecule has 0 aromatic heterocycles. The number of nitrogens with zero attached hydrogens (tertiary/aromatic N) is 1. The highest BCUT2D eigenvalue weighted by atomic mass is 35.5. The zero-order chi connectivity index (χ0) is 15.3. The smallest absolute Gasteiger partial charge is 0.332 e. The summed E-state index contributed by atoms with van der Waals surface area (Å²) in [4.78, 5) is 36.3. The van der Waals surface area contributed by atoms with Gasteiger partial charge in [0.15, 0.2) is 26.7 Å². The summed E-state index contributed by atoms with van der Waals surface area (Å²) < 4.78 is 31.7. The van der Waals surface area contributed by atoms with Crippen molar-refractivity contribution in [2.75, 3.05) is 13.2 Å². The molecule has 0 aromatic rings. The molecule has 2 aliphatic rings. The van der Waals surface area contributed by atoms with Gasteiger partial charge in [-0.3, -0.25) is 9.59 Å². The maximum Gasteiger partial charge on any atom is 0.332 e. The minimum Gasteiger partial charge on any atom is -0.468 e. The number of esters is 2. The van der Waals surface area contributed by atoms with Crippen molar-refractivity contribution < 1.29 is 32.3 Å². The van der Waals surface area contributed by atoms with Crippen molar-refractivity contribution in [2.24, 2.45) is 0 Å². The topological polar surface area (TPSA) is 107 Å². The second-order valence-corrected chi connectivity index (χ2v) is 7.28. The molecular formula is C10H12ClNO7S. The Labute approximate surface area is 119 Å². The first kappa shape index (κ1) is 15.0. The second-order valence-electron chi connectivity index (χ2n) is 4.58. The summed E-state index contributed by atoms with van der Waals surface area (Å²) in [7, 11) is -3.09. The van der Waals surface area contributed by atoms with Crippen LogP contribution in [0, 0.1) is 0 Å². The Kier molecular flexibility index (Phi) is 3.45. The third kappa shape index (κ3) is 1.59. The van der Waals surface area contributed by atoms with Crippen molar-refractivity contribution in [3.8, 4) is 0 Å². The van der Waals surface area contributed by atoms with E-state index < -0.39 is 49.9 Å². The zero-order valence-corrected chi connectivity index (χ0v) is 12.2. The monoisotopic (exact) mass is 325 g/mol. The van der Waals surface area contributed by atoms with Crippen LogP contribution >= 0.6 is 11.6 Å². The van der Waals surface area contributed by atoms with E-state index in [0.29, 0.717) is 0 Å². The Morgan fingerprint density at radius 1 is 1.50 bits per heavy atom. The standard InChI is InChI=1S/C10H12ClNO7S/c1-10(9(15)18-2)7(8(14)19-4-11)12-5(13)3-6(12)20(10,16)17/h6-7H,3-4H2,1-2H3/t6-,7+,10-/m1/s1. The predicted octanol–water partition coefficient (Wildman–Crippen LogP) is -0.987. The SMILES string of the molecule is COC(=O)[C@@]1(C)[C@H](C(=O)OCCl)N2C(=O)C[C@H]2S1(=O)=O. The molecule has 10 heteroatoms. The lowest BCUT2D eigenvalue weighted by Crippen LogP contribution is -2.59. The predicted molar refractivity (Wildman–Crippen MR) is 65.2 cm³/mol. The van der Waals surface area contributed by atoms with Gasteiger partial charge in [-0.25, -0.2) is 13.2 Å². The highest BCUT2D eigenvalue weighted by molar-refractivity contribution is 7.94. The average Bonchev–Trinajstić information content (AvgIpc) is 2.53. The zero-order valence-electron chi connectivity index (χ0n) is 10.7. The van der Waals surface area contributed by atoms with Gasteiger partial charge in [0.25, 0.3) is 0 Å². The fraction of sp³-hybridized carbons (Fsp3) is 0.700. The Balaban J connectivity index is 2.57. The van der Waals surface area contributed by atoms with E-state index in [9.17, 15) is 22.8 Å². The van der Waals surface area contributed by atoms with Crippen LogP contribution in [0.1, 0.15) is 13.3 Å². The fourth-order valence-electron chi connectivity index (χ4n) is 2.58. The van der Waals surface area contributed by atoms with Crippen LogP contribution in [-0.2, 0) is 33.7 Å². The molecular weight excluding hydrogens is 314 g/mol. The first-order valence-corrected chi connectivity index (χ1v) is 7.67. The van der Waals surface area contributed by atoms with Crippen LogP contribution in [-0.4, -0.2) is 60.5 Å². The quantitative estimate of drug-likeness (QED) is 0.372. The number of fused-ring (bicyclic) bond motifs is 1. The number of rotatable bonds is 3. The molecule has 20 heavy (non-hydrogen) atoms. The third-order valence-corrected chi connectivity index (χ3v) is 6.50. The van der Waals surface area contributed by atoms with Crippen molar-refractivity contribution in [1.29, 1.82) is 0 Å². The van der Waals surface area contributed by atoms with E-state index in [1.54, 1.807) is 0 Å². The number of hydrogen-bond acceptors (Lipinski definition) is 7. The summed E-state index contributed by atoms with van der Waals surface area (Å²) in [5.41, 5.74) is 0. The lowest BCUT2D eigenvalue weighted by molar-refractivity contribution is -0.164. The van der Waals surface area contributed by atoms with Crippen LogP contribution in [0.4, 0.5) is 0 Å². The number of alkyl halides is 1. The minimum absolute atomic E-state index is 0.264. The van der Waals surface area contributed by atoms with Crippen LogP contribution in [0.15, 0.2) is 0 Å². The molecule has 2 fully saturated rings. The Bertz CT molecular complexity index is 588. The Morgan fingerprint density at radius 2 is 2.10 bits per heavy atom. The van der Waals surface area contributed by atoms with E-state index in [1.165, 1.54) is 0 Å². The number of ether oxygens (including phenoxy) is 2. The van der Waals surface area contributed by atoms with Crippen LogP contribution < -0.4 is 0 Å². The normalized spacial score (nSPS) is 34.1. The van der Waals surface area contributed by atoms with Crippen LogP contribution in [0.2, 0.25) is 0 Å². The number of halogens is 1. The van der Waals surface area contributed by atoms with Crippen molar-refractivity contribution in [3.63, 3.8) is 0 Å². The molecule has 2 heterocycles. The largest absolute Gasteiger partial charge is 0.468 e. The second kappa shape index (κ2) is 4.59. The lowest BCUT2D eigenvalue weighted by atomic mass is 9.96. The highest BCUT2D eigenvalue weighted by Gasteiger charge is 2.74. The van der Waals surface area contributed by atoms with Gasteiger partial charge in [-0.1, -0.05) is 11.6 Å². The molecule has 0 aromatic carbocycles. The summed E-state index contributed by atoms with van der Waals surface area (Å²) in [6, 6.07) is -2.09. The van der Waals surface area contributed by atoms with Crippen molar-refractivity contribution in [1.82, 2.24) is 4.90 Å². The molecule has 0 bridgehead atoms. The molecule has 0 aliphatic carbocycles. The van der Waals surface area contributed by atoms with Crippen LogP contribution in [0.25, 0.3) is 0 Å². The van der Waals surface area contributed by atoms with Crippen LogP contribution in [0.5, 0.6) is 0 Å². The summed E-state index contributed by atoms with van der Waals surface area (Å²) in [6.07, 6.45) is -0.264. The third-order valence-electron chi connectivity index (χ3n) is 3.71. The van der Waals surface area contributed by atoms with E-state index >= 15 is 0 Å². The van der Waals surface area contributed by atoms with Gasteiger partial charge in [0, 0.05) is 0 Å². The van der Waals surface area contributed by atoms with Gasteiger partial charge in [0.05, 0.1) is 13.5 Å². The number of β-lactam (4-membered cyclic amide) rings is 1. The van der Waals surface area contributed by atoms with Gasteiger partial charge in [-0.15, -0.1) is 0 Å². The van der Waals surface area contributed by atoms with Gasteiger partial charge in [0.1, 0.15) is 5.37 Å². The minimum atomic E-state index is -4.10. The van der Waals surface area contributed by atoms with E-state index in [0.717, 1.165) is 18.9 Å². The van der Waals surface area contributed by atoms with E-state index in [1.807, 2.05) is 0 Å². The van der Waals surface area contributed by atoms with Gasteiger partial charge in [0.2, 0.25) is 5.91 Å². The number of amides is 1. The van der Waals surface area contributed by atoms with Crippen molar-refractivity contribution in [2.45, 2.75) is 29.5 Å². The number of carbonyl (C=O) groups excluding carboxylic acids is 3. The maximum atomic E-state index is 12.4.